The molecular formula is C19H21ClF3NO. The first-order chi connectivity index (χ1) is 11.5. The molecule has 1 heterocycles. The maximum Gasteiger partial charge on any atom is 0.416 e. The molecule has 0 spiro atoms. The lowest BCUT2D eigenvalue weighted by Gasteiger charge is -2.28. The van der Waals surface area contributed by atoms with E-state index in [2.05, 4.69) is 29.2 Å². The lowest BCUT2D eigenvalue weighted by atomic mass is 10.00. The molecule has 0 N–H and O–H groups in total. The molecule has 2 nitrogen and oxygen atoms in total. The van der Waals surface area contributed by atoms with Gasteiger partial charge >= 0.3 is 6.18 Å². The summed E-state index contributed by atoms with van der Waals surface area (Å²) in [6.07, 6.45) is -2.50. The Hall–Kier alpha value is -1.72. The Labute approximate surface area is 152 Å². The fraction of sp³-hybridized carbons (Fsp3) is 0.368. The summed E-state index contributed by atoms with van der Waals surface area (Å²) in [6.45, 7) is 3.24. The van der Waals surface area contributed by atoms with Crippen LogP contribution < -0.4 is 4.74 Å². The first-order valence-corrected chi connectivity index (χ1v) is 8.11. The third-order valence-corrected chi connectivity index (χ3v) is 4.26. The maximum atomic E-state index is 12.7. The van der Waals surface area contributed by atoms with Crippen LogP contribution in [0.1, 0.15) is 23.1 Å². The van der Waals surface area contributed by atoms with Crippen molar-refractivity contribution in [3.8, 4) is 5.75 Å². The van der Waals surface area contributed by atoms with E-state index >= 15 is 0 Å². The maximum absolute atomic E-state index is 12.7. The Balaban J connectivity index is 0.00000225. The summed E-state index contributed by atoms with van der Waals surface area (Å²) in [7, 11) is 0. The van der Waals surface area contributed by atoms with Crippen molar-refractivity contribution >= 4 is 12.4 Å². The van der Waals surface area contributed by atoms with E-state index in [-0.39, 0.29) is 18.2 Å². The van der Waals surface area contributed by atoms with Crippen LogP contribution in [-0.4, -0.2) is 24.6 Å². The van der Waals surface area contributed by atoms with Gasteiger partial charge in [-0.15, -0.1) is 12.4 Å². The largest absolute Gasteiger partial charge is 0.494 e. The van der Waals surface area contributed by atoms with Crippen LogP contribution in [-0.2, 0) is 19.1 Å². The van der Waals surface area contributed by atoms with Gasteiger partial charge in [0.1, 0.15) is 5.75 Å². The summed E-state index contributed by atoms with van der Waals surface area (Å²) >= 11 is 0. The van der Waals surface area contributed by atoms with Crippen LogP contribution >= 0.6 is 12.4 Å². The fourth-order valence-electron chi connectivity index (χ4n) is 2.99. The van der Waals surface area contributed by atoms with Crippen molar-refractivity contribution in [1.82, 2.24) is 4.90 Å². The molecule has 0 aliphatic carbocycles. The van der Waals surface area contributed by atoms with E-state index in [0.29, 0.717) is 6.61 Å². The van der Waals surface area contributed by atoms with Crippen LogP contribution in [0, 0.1) is 0 Å². The predicted molar refractivity (Wildman–Crippen MR) is 94.2 cm³/mol. The SMILES string of the molecule is Cl.FC(F)(F)c1cccc(OCCCN2CCc3ccccc3C2)c1. The molecule has 0 atom stereocenters. The minimum Gasteiger partial charge on any atom is -0.494 e. The zero-order valence-corrected chi connectivity index (χ0v) is 14.6. The summed E-state index contributed by atoms with van der Waals surface area (Å²) in [5, 5.41) is 0. The van der Waals surface area contributed by atoms with Gasteiger partial charge in [0.15, 0.2) is 0 Å². The molecule has 2 aromatic rings. The molecule has 136 valence electrons. The molecule has 0 amide bonds. The highest BCUT2D eigenvalue weighted by atomic mass is 35.5. The van der Waals surface area contributed by atoms with Gasteiger partial charge in [0.2, 0.25) is 0 Å². The molecule has 0 saturated carbocycles. The lowest BCUT2D eigenvalue weighted by Crippen LogP contribution is -2.31. The average molecular weight is 372 g/mol. The molecule has 0 unspecified atom stereocenters. The average Bonchev–Trinajstić information content (AvgIpc) is 2.58. The molecule has 25 heavy (non-hydrogen) atoms. The Kier molecular flexibility index (Phi) is 6.73. The van der Waals surface area contributed by atoms with Gasteiger partial charge in [0.25, 0.3) is 0 Å². The number of ether oxygens (including phenoxy) is 1. The number of halogens is 4. The summed E-state index contributed by atoms with van der Waals surface area (Å²) in [5.41, 5.74) is 2.10. The van der Waals surface area contributed by atoms with Crippen LogP contribution in [0.25, 0.3) is 0 Å². The van der Waals surface area contributed by atoms with Crippen molar-refractivity contribution in [2.45, 2.75) is 25.6 Å². The molecule has 2 aromatic carbocycles. The van der Waals surface area contributed by atoms with E-state index in [9.17, 15) is 13.2 Å². The first kappa shape index (κ1) is 19.6. The van der Waals surface area contributed by atoms with Crippen molar-refractivity contribution in [2.24, 2.45) is 0 Å². The molecule has 6 heteroatoms. The van der Waals surface area contributed by atoms with Gasteiger partial charge < -0.3 is 4.74 Å². The monoisotopic (exact) mass is 371 g/mol. The van der Waals surface area contributed by atoms with Crippen LogP contribution in [0.4, 0.5) is 13.2 Å². The number of hydrogen-bond acceptors (Lipinski definition) is 2. The Morgan fingerprint density at radius 2 is 1.76 bits per heavy atom. The van der Waals surface area contributed by atoms with E-state index in [0.717, 1.165) is 44.6 Å². The highest BCUT2D eigenvalue weighted by Crippen LogP contribution is 2.31. The van der Waals surface area contributed by atoms with Crippen LogP contribution in [0.5, 0.6) is 5.75 Å². The van der Waals surface area contributed by atoms with Crippen LogP contribution in [0.2, 0.25) is 0 Å². The van der Waals surface area contributed by atoms with Gasteiger partial charge in [-0.3, -0.25) is 4.90 Å². The third-order valence-electron chi connectivity index (χ3n) is 4.26. The fourth-order valence-corrected chi connectivity index (χ4v) is 2.99. The normalized spacial score (nSPS) is 14.5. The number of hydrogen-bond donors (Lipinski definition) is 0. The highest BCUT2D eigenvalue weighted by molar-refractivity contribution is 5.85. The Morgan fingerprint density at radius 1 is 1.00 bits per heavy atom. The van der Waals surface area contributed by atoms with E-state index in [1.165, 1.54) is 17.2 Å². The molecule has 1 aliphatic rings. The number of alkyl halides is 3. The van der Waals surface area contributed by atoms with Crippen LogP contribution in [0.15, 0.2) is 48.5 Å². The van der Waals surface area contributed by atoms with Gasteiger partial charge in [0, 0.05) is 19.6 Å². The van der Waals surface area contributed by atoms with E-state index < -0.39 is 11.7 Å². The number of fused-ring (bicyclic) bond motifs is 1. The second-order valence-corrected chi connectivity index (χ2v) is 6.02. The summed E-state index contributed by atoms with van der Waals surface area (Å²) in [6, 6.07) is 13.5. The summed E-state index contributed by atoms with van der Waals surface area (Å²) in [5.74, 6) is 0.272. The van der Waals surface area contributed by atoms with Gasteiger partial charge in [-0.25, -0.2) is 0 Å². The highest BCUT2D eigenvalue weighted by Gasteiger charge is 2.30. The zero-order valence-electron chi connectivity index (χ0n) is 13.8. The van der Waals surface area contributed by atoms with Crippen molar-refractivity contribution < 1.29 is 17.9 Å². The van der Waals surface area contributed by atoms with E-state index in [4.69, 9.17) is 4.74 Å². The second kappa shape index (κ2) is 8.59. The van der Waals surface area contributed by atoms with Crippen LogP contribution in [0.3, 0.4) is 0 Å². The van der Waals surface area contributed by atoms with Crippen molar-refractivity contribution in [3.05, 3.63) is 65.2 Å². The zero-order chi connectivity index (χ0) is 17.0. The minimum absolute atomic E-state index is 0. The molecule has 0 saturated heterocycles. The van der Waals surface area contributed by atoms with Gasteiger partial charge in [-0.05, 0) is 42.2 Å². The summed E-state index contributed by atoms with van der Waals surface area (Å²) < 4.78 is 43.4. The second-order valence-electron chi connectivity index (χ2n) is 6.02. The molecule has 0 radical (unpaired) electrons. The lowest BCUT2D eigenvalue weighted by molar-refractivity contribution is -0.137. The molecule has 3 rings (SSSR count). The van der Waals surface area contributed by atoms with Crippen molar-refractivity contribution in [2.75, 3.05) is 19.7 Å². The third kappa shape index (κ3) is 5.38. The Bertz CT molecular complexity index is 690. The van der Waals surface area contributed by atoms with Gasteiger partial charge in [0.05, 0.1) is 12.2 Å². The van der Waals surface area contributed by atoms with Gasteiger partial charge in [-0.2, -0.15) is 13.2 Å². The van der Waals surface area contributed by atoms with E-state index in [1.807, 2.05) is 0 Å². The summed E-state index contributed by atoms with van der Waals surface area (Å²) in [4.78, 5) is 2.36. The smallest absolute Gasteiger partial charge is 0.416 e. The number of nitrogens with zero attached hydrogens (tertiary/aromatic N) is 1. The molecule has 0 aromatic heterocycles. The van der Waals surface area contributed by atoms with Gasteiger partial charge in [-0.1, -0.05) is 30.3 Å². The molecule has 0 fully saturated rings. The topological polar surface area (TPSA) is 12.5 Å². The predicted octanol–water partition coefficient (Wildman–Crippen LogP) is 4.95. The van der Waals surface area contributed by atoms with E-state index in [1.54, 1.807) is 6.07 Å². The Morgan fingerprint density at radius 3 is 2.52 bits per heavy atom. The quantitative estimate of drug-likeness (QED) is 0.689. The number of rotatable bonds is 5. The molecule has 0 bridgehead atoms. The molecular weight excluding hydrogens is 351 g/mol. The first-order valence-electron chi connectivity index (χ1n) is 8.11. The number of benzene rings is 2. The minimum atomic E-state index is -4.33. The van der Waals surface area contributed by atoms with Crippen molar-refractivity contribution in [1.29, 1.82) is 0 Å². The molecule has 1 aliphatic heterocycles. The van der Waals surface area contributed by atoms with Crippen molar-refractivity contribution in [3.63, 3.8) is 0 Å². The standard InChI is InChI=1S/C19H20F3NO.ClH/c20-19(21,22)17-7-3-8-18(13-17)24-12-4-10-23-11-9-15-5-1-2-6-16(15)14-23;/h1-3,5-8,13H,4,9-12,14H2;1H.